The number of carboxylic acids is 1. The summed E-state index contributed by atoms with van der Waals surface area (Å²) in [7, 11) is 2.86. The van der Waals surface area contributed by atoms with Gasteiger partial charge in [-0.1, -0.05) is 6.07 Å². The number of hydrogen-bond donors (Lipinski definition) is 2. The molecule has 2 aromatic rings. The lowest BCUT2D eigenvalue weighted by Crippen LogP contribution is -2.33. The summed E-state index contributed by atoms with van der Waals surface area (Å²) >= 11 is 0. The van der Waals surface area contributed by atoms with Gasteiger partial charge in [-0.3, -0.25) is 14.9 Å². The average Bonchev–Trinajstić information content (AvgIpc) is 2.65. The van der Waals surface area contributed by atoms with Crippen LogP contribution >= 0.6 is 0 Å². The van der Waals surface area contributed by atoms with Crippen LogP contribution in [0, 0.1) is 10.1 Å². The van der Waals surface area contributed by atoms with E-state index < -0.39 is 22.8 Å². The molecular formula is C17H16N2O7. The Morgan fingerprint density at radius 1 is 1.08 bits per heavy atom. The second kappa shape index (κ2) is 7.97. The summed E-state index contributed by atoms with van der Waals surface area (Å²) in [5.74, 6) is -1.21. The molecule has 1 atom stereocenters. The molecule has 2 N–H and O–H groups in total. The molecule has 0 aliphatic rings. The third kappa shape index (κ3) is 4.07. The molecule has 0 fully saturated rings. The minimum atomic E-state index is -1.34. The average molecular weight is 360 g/mol. The topological polar surface area (TPSA) is 128 Å². The minimum Gasteiger partial charge on any atom is -0.493 e. The molecule has 0 spiro atoms. The minimum absolute atomic E-state index is 0.0994. The van der Waals surface area contributed by atoms with E-state index >= 15 is 0 Å². The third-order valence-corrected chi connectivity index (χ3v) is 3.60. The quantitative estimate of drug-likeness (QED) is 0.572. The van der Waals surface area contributed by atoms with Gasteiger partial charge in [0.2, 0.25) is 0 Å². The molecule has 136 valence electrons. The SMILES string of the molecule is COc1ccc(C(NC(=O)c2ccc([N+](=O)[O-])cc2)C(=O)O)cc1OC. The molecule has 1 unspecified atom stereocenters. The van der Waals surface area contributed by atoms with Gasteiger partial charge >= 0.3 is 5.97 Å². The zero-order valence-corrected chi connectivity index (χ0v) is 14.0. The van der Waals surface area contributed by atoms with Crippen LogP contribution in [-0.4, -0.2) is 36.1 Å². The van der Waals surface area contributed by atoms with Crippen LogP contribution in [0.1, 0.15) is 22.0 Å². The number of benzene rings is 2. The van der Waals surface area contributed by atoms with E-state index in [4.69, 9.17) is 9.47 Å². The number of nitro groups is 1. The number of nitrogens with one attached hydrogen (secondary N) is 1. The van der Waals surface area contributed by atoms with Crippen molar-refractivity contribution < 1.29 is 29.1 Å². The number of aliphatic carboxylic acids is 1. The van der Waals surface area contributed by atoms with E-state index in [1.165, 1.54) is 56.7 Å². The molecule has 9 heteroatoms. The van der Waals surface area contributed by atoms with E-state index in [0.717, 1.165) is 0 Å². The van der Waals surface area contributed by atoms with Crippen LogP contribution in [-0.2, 0) is 4.79 Å². The second-order valence-electron chi connectivity index (χ2n) is 5.16. The van der Waals surface area contributed by atoms with Crippen LogP contribution in [0.25, 0.3) is 0 Å². The van der Waals surface area contributed by atoms with E-state index in [-0.39, 0.29) is 16.8 Å². The van der Waals surface area contributed by atoms with Crippen molar-refractivity contribution in [3.8, 4) is 11.5 Å². The number of amides is 1. The van der Waals surface area contributed by atoms with Gasteiger partial charge in [0.15, 0.2) is 17.5 Å². The van der Waals surface area contributed by atoms with Crippen molar-refractivity contribution in [2.45, 2.75) is 6.04 Å². The van der Waals surface area contributed by atoms with Crippen LogP contribution in [0.4, 0.5) is 5.69 Å². The van der Waals surface area contributed by atoms with Crippen LogP contribution < -0.4 is 14.8 Å². The second-order valence-corrected chi connectivity index (χ2v) is 5.16. The van der Waals surface area contributed by atoms with Crippen molar-refractivity contribution in [2.75, 3.05) is 14.2 Å². The highest BCUT2D eigenvalue weighted by Gasteiger charge is 2.24. The standard InChI is InChI=1S/C17H16N2O7/c1-25-13-8-5-11(9-14(13)26-2)15(17(21)22)18-16(20)10-3-6-12(7-4-10)19(23)24/h3-9,15H,1-2H3,(H,18,20)(H,21,22). The zero-order chi connectivity index (χ0) is 19.3. The Labute approximate surface area is 148 Å². The number of carboxylic acid groups (broad SMARTS) is 1. The van der Waals surface area contributed by atoms with Gasteiger partial charge in [0.05, 0.1) is 19.1 Å². The van der Waals surface area contributed by atoms with Crippen LogP contribution in [0.15, 0.2) is 42.5 Å². The maximum absolute atomic E-state index is 12.3. The molecule has 0 saturated carbocycles. The highest BCUT2D eigenvalue weighted by Crippen LogP contribution is 2.30. The first-order valence-corrected chi connectivity index (χ1v) is 7.37. The van der Waals surface area contributed by atoms with E-state index in [1.807, 2.05) is 0 Å². The Kier molecular flexibility index (Phi) is 5.74. The van der Waals surface area contributed by atoms with E-state index in [9.17, 15) is 24.8 Å². The molecule has 0 bridgehead atoms. The number of rotatable bonds is 7. The molecule has 26 heavy (non-hydrogen) atoms. The van der Waals surface area contributed by atoms with Crippen molar-refractivity contribution in [1.29, 1.82) is 0 Å². The fourth-order valence-corrected chi connectivity index (χ4v) is 2.27. The normalized spacial score (nSPS) is 11.3. The number of carbonyl (C=O) groups excluding carboxylic acids is 1. The number of non-ortho nitro benzene ring substituents is 1. The summed E-state index contributed by atoms with van der Waals surface area (Å²) in [6, 6.07) is 7.98. The van der Waals surface area contributed by atoms with Crippen LogP contribution in [0.3, 0.4) is 0 Å². The Hall–Kier alpha value is -3.62. The number of nitrogens with zero attached hydrogens (tertiary/aromatic N) is 1. The first-order valence-electron chi connectivity index (χ1n) is 7.37. The molecule has 0 aliphatic heterocycles. The van der Waals surface area contributed by atoms with Gasteiger partial charge in [0, 0.05) is 17.7 Å². The summed E-state index contributed by atoms with van der Waals surface area (Å²) in [5.41, 5.74) is 0.212. The molecule has 0 saturated heterocycles. The van der Waals surface area contributed by atoms with Crippen LogP contribution in [0.5, 0.6) is 11.5 Å². The monoisotopic (exact) mass is 360 g/mol. The molecule has 0 aromatic heterocycles. The summed E-state index contributed by atoms with van der Waals surface area (Å²) < 4.78 is 10.2. The Bertz CT molecular complexity index is 834. The van der Waals surface area contributed by atoms with E-state index in [0.29, 0.717) is 11.5 Å². The lowest BCUT2D eigenvalue weighted by Gasteiger charge is -2.17. The highest BCUT2D eigenvalue weighted by atomic mass is 16.6. The lowest BCUT2D eigenvalue weighted by molar-refractivity contribution is -0.384. The molecule has 0 heterocycles. The first-order chi connectivity index (χ1) is 12.4. The maximum atomic E-state index is 12.3. The summed E-state index contributed by atoms with van der Waals surface area (Å²) in [5, 5.41) is 22.5. The van der Waals surface area contributed by atoms with Gasteiger partial charge in [-0.15, -0.1) is 0 Å². The Morgan fingerprint density at radius 2 is 1.69 bits per heavy atom. The Balaban J connectivity index is 2.26. The molecular weight excluding hydrogens is 344 g/mol. The maximum Gasteiger partial charge on any atom is 0.330 e. The molecule has 9 nitrogen and oxygen atoms in total. The summed E-state index contributed by atoms with van der Waals surface area (Å²) in [6.07, 6.45) is 0. The molecule has 2 aromatic carbocycles. The summed E-state index contributed by atoms with van der Waals surface area (Å²) in [6.45, 7) is 0. The van der Waals surface area contributed by atoms with Crippen molar-refractivity contribution in [1.82, 2.24) is 5.32 Å². The number of nitro benzene ring substituents is 1. The predicted molar refractivity (Wildman–Crippen MR) is 90.5 cm³/mol. The largest absolute Gasteiger partial charge is 0.493 e. The molecule has 0 radical (unpaired) electrons. The fraction of sp³-hybridized carbons (Fsp3) is 0.176. The summed E-state index contributed by atoms with van der Waals surface area (Å²) in [4.78, 5) is 33.9. The molecule has 0 aliphatic carbocycles. The van der Waals surface area contributed by atoms with Gasteiger partial charge in [-0.05, 0) is 29.8 Å². The van der Waals surface area contributed by atoms with Crippen LogP contribution in [0.2, 0.25) is 0 Å². The Morgan fingerprint density at radius 3 is 2.19 bits per heavy atom. The van der Waals surface area contributed by atoms with Gasteiger partial charge in [-0.25, -0.2) is 4.79 Å². The number of carbonyl (C=O) groups is 2. The number of ether oxygens (including phenoxy) is 2. The lowest BCUT2D eigenvalue weighted by atomic mass is 10.1. The van der Waals surface area contributed by atoms with Gasteiger partial charge in [0.25, 0.3) is 11.6 Å². The van der Waals surface area contributed by atoms with E-state index in [1.54, 1.807) is 0 Å². The van der Waals surface area contributed by atoms with Crippen molar-refractivity contribution in [3.05, 3.63) is 63.7 Å². The van der Waals surface area contributed by atoms with Crippen molar-refractivity contribution in [3.63, 3.8) is 0 Å². The smallest absolute Gasteiger partial charge is 0.330 e. The third-order valence-electron chi connectivity index (χ3n) is 3.60. The van der Waals surface area contributed by atoms with Crippen molar-refractivity contribution in [2.24, 2.45) is 0 Å². The van der Waals surface area contributed by atoms with Gasteiger partial charge in [-0.2, -0.15) is 0 Å². The predicted octanol–water partition coefficient (Wildman–Crippen LogP) is 2.17. The number of methoxy groups -OCH3 is 2. The van der Waals surface area contributed by atoms with E-state index in [2.05, 4.69) is 5.32 Å². The fourth-order valence-electron chi connectivity index (χ4n) is 2.27. The molecule has 1 amide bonds. The molecule has 2 rings (SSSR count). The number of hydrogen-bond acceptors (Lipinski definition) is 6. The zero-order valence-electron chi connectivity index (χ0n) is 14.0. The van der Waals surface area contributed by atoms with Gasteiger partial charge in [0.1, 0.15) is 0 Å². The highest BCUT2D eigenvalue weighted by molar-refractivity contribution is 5.97. The van der Waals surface area contributed by atoms with Gasteiger partial charge < -0.3 is 19.9 Å². The first kappa shape index (κ1) is 18.7. The van der Waals surface area contributed by atoms with Crippen molar-refractivity contribution >= 4 is 17.6 Å².